The third-order valence-electron chi connectivity index (χ3n) is 2.02. The first-order valence-corrected chi connectivity index (χ1v) is 4.43. The second kappa shape index (κ2) is 4.37. The molecule has 0 spiro atoms. The monoisotopic (exact) mass is 214 g/mol. The van der Waals surface area contributed by atoms with Crippen molar-refractivity contribution in [3.8, 4) is 0 Å². The van der Waals surface area contributed by atoms with Crippen LogP contribution in [-0.2, 0) is 18.4 Å². The Balaban J connectivity index is 2.40. The maximum Gasteiger partial charge on any atom is 0.336 e. The molecule has 0 aliphatic rings. The number of nitrogens with zero attached hydrogens (tertiary/aromatic N) is 3. The molecule has 0 bridgehead atoms. The Labute approximate surface area is 86.7 Å². The van der Waals surface area contributed by atoms with E-state index in [0.717, 1.165) is 0 Å². The van der Waals surface area contributed by atoms with Crippen LogP contribution < -0.4 is 5.32 Å². The number of carbonyl (C=O) groups is 1. The van der Waals surface area contributed by atoms with E-state index in [1.54, 1.807) is 17.9 Å². The molecule has 1 unspecified atom stereocenters. The van der Waals surface area contributed by atoms with Crippen LogP contribution in [0.25, 0.3) is 0 Å². The van der Waals surface area contributed by atoms with Crippen LogP contribution in [0.5, 0.6) is 0 Å². The SMILES string of the molecule is Cn1cnnc1CNCC(C)(O)C(=O)O. The minimum Gasteiger partial charge on any atom is -0.479 e. The van der Waals surface area contributed by atoms with Crippen molar-refractivity contribution in [2.24, 2.45) is 7.05 Å². The van der Waals surface area contributed by atoms with E-state index in [1.165, 1.54) is 6.92 Å². The zero-order valence-corrected chi connectivity index (χ0v) is 8.64. The number of rotatable bonds is 5. The van der Waals surface area contributed by atoms with Crippen LogP contribution in [-0.4, -0.2) is 43.1 Å². The fourth-order valence-electron chi connectivity index (χ4n) is 0.960. The third-order valence-corrected chi connectivity index (χ3v) is 2.02. The van der Waals surface area contributed by atoms with E-state index in [4.69, 9.17) is 5.11 Å². The minimum atomic E-state index is -1.77. The number of hydrogen-bond acceptors (Lipinski definition) is 5. The molecule has 1 rings (SSSR count). The second-order valence-electron chi connectivity index (χ2n) is 3.54. The molecule has 15 heavy (non-hydrogen) atoms. The number of aromatic nitrogens is 3. The summed E-state index contributed by atoms with van der Waals surface area (Å²) in [5, 5.41) is 28.3. The molecule has 7 heteroatoms. The van der Waals surface area contributed by atoms with Crippen molar-refractivity contribution in [1.29, 1.82) is 0 Å². The smallest absolute Gasteiger partial charge is 0.336 e. The molecule has 1 aromatic rings. The van der Waals surface area contributed by atoms with E-state index in [-0.39, 0.29) is 6.54 Å². The summed E-state index contributed by atoms with van der Waals surface area (Å²) in [4.78, 5) is 10.6. The number of carboxylic acid groups (broad SMARTS) is 1. The Kier molecular flexibility index (Phi) is 3.38. The first-order chi connectivity index (χ1) is 6.93. The van der Waals surface area contributed by atoms with Gasteiger partial charge in [0.05, 0.1) is 6.54 Å². The quantitative estimate of drug-likeness (QED) is 0.565. The van der Waals surface area contributed by atoms with Gasteiger partial charge in [0.15, 0.2) is 5.60 Å². The summed E-state index contributed by atoms with van der Waals surface area (Å²) in [6.07, 6.45) is 1.55. The van der Waals surface area contributed by atoms with Gasteiger partial charge in [-0.25, -0.2) is 4.79 Å². The van der Waals surface area contributed by atoms with Crippen molar-refractivity contribution >= 4 is 5.97 Å². The Hall–Kier alpha value is -1.47. The van der Waals surface area contributed by atoms with Gasteiger partial charge in [0, 0.05) is 13.6 Å². The van der Waals surface area contributed by atoms with Gasteiger partial charge in [0.25, 0.3) is 0 Å². The highest BCUT2D eigenvalue weighted by Crippen LogP contribution is 2.01. The molecule has 0 amide bonds. The molecule has 1 atom stereocenters. The van der Waals surface area contributed by atoms with E-state index in [1.807, 2.05) is 0 Å². The maximum absolute atomic E-state index is 10.6. The molecule has 84 valence electrons. The summed E-state index contributed by atoms with van der Waals surface area (Å²) >= 11 is 0. The molecule has 0 aromatic carbocycles. The van der Waals surface area contributed by atoms with Gasteiger partial charge in [-0.05, 0) is 6.92 Å². The van der Waals surface area contributed by atoms with Gasteiger partial charge in [0.1, 0.15) is 12.2 Å². The summed E-state index contributed by atoms with van der Waals surface area (Å²) < 4.78 is 1.71. The Morgan fingerprint density at radius 1 is 1.73 bits per heavy atom. The van der Waals surface area contributed by atoms with Crippen molar-refractivity contribution in [3.05, 3.63) is 12.2 Å². The number of aliphatic carboxylic acids is 1. The molecular formula is C8H14N4O3. The average molecular weight is 214 g/mol. The summed E-state index contributed by atoms with van der Waals surface area (Å²) in [5.41, 5.74) is -1.77. The fourth-order valence-corrected chi connectivity index (χ4v) is 0.960. The Bertz CT molecular complexity index is 347. The van der Waals surface area contributed by atoms with E-state index in [9.17, 15) is 9.90 Å². The topological polar surface area (TPSA) is 100 Å². The van der Waals surface area contributed by atoms with E-state index < -0.39 is 11.6 Å². The van der Waals surface area contributed by atoms with Crippen LogP contribution in [0.2, 0.25) is 0 Å². The Morgan fingerprint density at radius 3 is 2.87 bits per heavy atom. The van der Waals surface area contributed by atoms with Gasteiger partial charge in [-0.1, -0.05) is 0 Å². The van der Waals surface area contributed by atoms with E-state index in [0.29, 0.717) is 12.4 Å². The Morgan fingerprint density at radius 2 is 2.40 bits per heavy atom. The van der Waals surface area contributed by atoms with Crippen LogP contribution >= 0.6 is 0 Å². The first kappa shape index (κ1) is 11.6. The molecule has 0 fully saturated rings. The summed E-state index contributed by atoms with van der Waals surface area (Å²) in [6.45, 7) is 1.55. The van der Waals surface area contributed by atoms with Gasteiger partial charge >= 0.3 is 5.97 Å². The van der Waals surface area contributed by atoms with Gasteiger partial charge in [-0.3, -0.25) is 0 Å². The second-order valence-corrected chi connectivity index (χ2v) is 3.54. The lowest BCUT2D eigenvalue weighted by Crippen LogP contribution is -2.44. The lowest BCUT2D eigenvalue weighted by atomic mass is 10.1. The largest absolute Gasteiger partial charge is 0.479 e. The minimum absolute atomic E-state index is 0.0464. The highest BCUT2D eigenvalue weighted by Gasteiger charge is 2.29. The molecule has 1 aromatic heterocycles. The summed E-state index contributed by atoms with van der Waals surface area (Å²) in [7, 11) is 1.78. The van der Waals surface area contributed by atoms with Crippen LogP contribution in [0.4, 0.5) is 0 Å². The molecule has 0 radical (unpaired) electrons. The van der Waals surface area contributed by atoms with Crippen molar-refractivity contribution in [3.63, 3.8) is 0 Å². The van der Waals surface area contributed by atoms with Crippen LogP contribution in [0, 0.1) is 0 Å². The summed E-state index contributed by atoms with van der Waals surface area (Å²) in [5.74, 6) is -0.579. The lowest BCUT2D eigenvalue weighted by Gasteiger charge is -2.17. The van der Waals surface area contributed by atoms with Crippen molar-refractivity contribution < 1.29 is 15.0 Å². The summed E-state index contributed by atoms with van der Waals surface area (Å²) in [6, 6.07) is 0. The molecule has 0 saturated carbocycles. The number of hydrogen-bond donors (Lipinski definition) is 3. The van der Waals surface area contributed by atoms with Gasteiger partial charge in [0.2, 0.25) is 0 Å². The number of carboxylic acids is 1. The normalized spacial score (nSPS) is 14.9. The maximum atomic E-state index is 10.6. The first-order valence-electron chi connectivity index (χ1n) is 4.43. The zero-order valence-electron chi connectivity index (χ0n) is 8.64. The molecule has 0 saturated heterocycles. The zero-order chi connectivity index (χ0) is 11.5. The molecule has 3 N–H and O–H groups in total. The molecular weight excluding hydrogens is 200 g/mol. The third kappa shape index (κ3) is 3.00. The van der Waals surface area contributed by atoms with Crippen LogP contribution in [0.1, 0.15) is 12.7 Å². The van der Waals surface area contributed by atoms with Gasteiger partial charge in [-0.15, -0.1) is 10.2 Å². The highest BCUT2D eigenvalue weighted by atomic mass is 16.4. The number of aliphatic hydroxyl groups is 1. The van der Waals surface area contributed by atoms with Crippen molar-refractivity contribution in [1.82, 2.24) is 20.1 Å². The van der Waals surface area contributed by atoms with Crippen molar-refractivity contribution in [2.45, 2.75) is 19.1 Å². The van der Waals surface area contributed by atoms with Gasteiger partial charge in [-0.2, -0.15) is 0 Å². The molecule has 1 heterocycles. The number of nitrogens with one attached hydrogen (secondary N) is 1. The van der Waals surface area contributed by atoms with E-state index in [2.05, 4.69) is 15.5 Å². The standard InChI is InChI=1S/C8H14N4O3/c1-8(15,7(13)14)4-9-3-6-11-10-5-12(6)2/h5,9,15H,3-4H2,1-2H3,(H,13,14). The fraction of sp³-hybridized carbons (Fsp3) is 0.625. The van der Waals surface area contributed by atoms with Crippen molar-refractivity contribution in [2.75, 3.05) is 6.54 Å². The van der Waals surface area contributed by atoms with Gasteiger partial charge < -0.3 is 20.1 Å². The van der Waals surface area contributed by atoms with Crippen LogP contribution in [0.15, 0.2) is 6.33 Å². The number of aryl methyl sites for hydroxylation is 1. The highest BCUT2D eigenvalue weighted by molar-refractivity contribution is 5.76. The average Bonchev–Trinajstić information content (AvgIpc) is 2.51. The van der Waals surface area contributed by atoms with Crippen LogP contribution in [0.3, 0.4) is 0 Å². The molecule has 0 aliphatic carbocycles. The predicted octanol–water partition coefficient (Wildman–Crippen LogP) is -1.26. The lowest BCUT2D eigenvalue weighted by molar-refractivity contribution is -0.156. The van der Waals surface area contributed by atoms with E-state index >= 15 is 0 Å². The molecule has 7 nitrogen and oxygen atoms in total. The molecule has 0 aliphatic heterocycles. The predicted molar refractivity (Wildman–Crippen MR) is 51.0 cm³/mol.